The van der Waals surface area contributed by atoms with Crippen molar-refractivity contribution in [2.75, 3.05) is 13.2 Å². The number of carbonyl (C=O) groups is 3. The number of aryl methyl sites for hydroxylation is 1. The molecular formula is C33H42O6. The predicted octanol–water partition coefficient (Wildman–Crippen LogP) is 6.81. The standard InChI is InChI=1S/C33H42O6/c1-2-11-28-31(38-23-10-22-37-30-15-9-13-25-12-3-4-14-26(25)30)17-16-27-29(36)24-33(39-32(27)28,18-5-7-20-34)19-6-8-21-35/h9,13,15-17,20-21H,2-8,10-12,14,18-19,22-24H2,1H3. The van der Waals surface area contributed by atoms with Crippen molar-refractivity contribution in [3.63, 3.8) is 0 Å². The average molecular weight is 535 g/mol. The molecule has 0 atom stereocenters. The van der Waals surface area contributed by atoms with Crippen LogP contribution in [0.2, 0.25) is 0 Å². The average Bonchev–Trinajstić information content (AvgIpc) is 2.94. The van der Waals surface area contributed by atoms with Crippen LogP contribution in [-0.2, 0) is 28.9 Å². The van der Waals surface area contributed by atoms with Gasteiger partial charge in [0.25, 0.3) is 0 Å². The van der Waals surface area contributed by atoms with Crippen molar-refractivity contribution in [3.8, 4) is 17.2 Å². The van der Waals surface area contributed by atoms with Crippen LogP contribution < -0.4 is 14.2 Å². The Balaban J connectivity index is 1.44. The van der Waals surface area contributed by atoms with Crippen LogP contribution in [0, 0.1) is 0 Å². The number of ketones is 1. The van der Waals surface area contributed by atoms with Crippen molar-refractivity contribution in [3.05, 3.63) is 52.6 Å². The minimum atomic E-state index is -0.695. The Morgan fingerprint density at radius 3 is 2.33 bits per heavy atom. The second kappa shape index (κ2) is 14.3. The van der Waals surface area contributed by atoms with E-state index in [9.17, 15) is 14.4 Å². The first-order chi connectivity index (χ1) is 19.1. The van der Waals surface area contributed by atoms with E-state index in [2.05, 4.69) is 25.1 Å². The van der Waals surface area contributed by atoms with Crippen molar-refractivity contribution in [1.82, 2.24) is 0 Å². The molecule has 6 heteroatoms. The van der Waals surface area contributed by atoms with E-state index in [1.54, 1.807) is 0 Å². The van der Waals surface area contributed by atoms with Gasteiger partial charge in [-0.15, -0.1) is 0 Å². The smallest absolute Gasteiger partial charge is 0.170 e. The zero-order chi connectivity index (χ0) is 27.5. The molecule has 2 aromatic carbocycles. The van der Waals surface area contributed by atoms with Crippen LogP contribution in [0.3, 0.4) is 0 Å². The first kappa shape index (κ1) is 28.8. The third-order valence-corrected chi connectivity index (χ3v) is 7.88. The molecule has 1 aliphatic heterocycles. The third-order valence-electron chi connectivity index (χ3n) is 7.88. The van der Waals surface area contributed by atoms with Gasteiger partial charge >= 0.3 is 0 Å². The number of aldehydes is 2. The molecule has 0 saturated carbocycles. The van der Waals surface area contributed by atoms with E-state index in [4.69, 9.17) is 14.2 Å². The summed E-state index contributed by atoms with van der Waals surface area (Å²) in [6.07, 6.45) is 12.5. The zero-order valence-corrected chi connectivity index (χ0v) is 23.3. The predicted molar refractivity (Wildman–Crippen MR) is 151 cm³/mol. The van der Waals surface area contributed by atoms with Gasteiger partial charge in [-0.2, -0.15) is 0 Å². The Morgan fingerprint density at radius 2 is 1.62 bits per heavy atom. The van der Waals surface area contributed by atoms with E-state index in [0.717, 1.165) is 61.7 Å². The Kier molecular flexibility index (Phi) is 10.6. The highest BCUT2D eigenvalue weighted by molar-refractivity contribution is 6.01. The number of benzene rings is 2. The molecule has 0 fully saturated rings. The van der Waals surface area contributed by atoms with E-state index in [0.29, 0.717) is 63.1 Å². The van der Waals surface area contributed by atoms with Crippen LogP contribution >= 0.6 is 0 Å². The van der Waals surface area contributed by atoms with E-state index >= 15 is 0 Å². The van der Waals surface area contributed by atoms with Crippen LogP contribution in [0.5, 0.6) is 17.2 Å². The van der Waals surface area contributed by atoms with Crippen LogP contribution in [0.15, 0.2) is 30.3 Å². The lowest BCUT2D eigenvalue weighted by molar-refractivity contribution is -0.108. The zero-order valence-electron chi connectivity index (χ0n) is 23.3. The molecule has 4 rings (SSSR count). The lowest BCUT2D eigenvalue weighted by Gasteiger charge is -2.39. The van der Waals surface area contributed by atoms with Gasteiger partial charge in [0.1, 0.15) is 35.4 Å². The number of hydrogen-bond acceptors (Lipinski definition) is 6. The summed E-state index contributed by atoms with van der Waals surface area (Å²) in [6.45, 7) is 3.18. The molecule has 210 valence electrons. The summed E-state index contributed by atoms with van der Waals surface area (Å²) in [6, 6.07) is 10.1. The van der Waals surface area contributed by atoms with Gasteiger partial charge in [0.2, 0.25) is 0 Å². The maximum absolute atomic E-state index is 13.3. The van der Waals surface area contributed by atoms with Gasteiger partial charge in [0.05, 0.1) is 25.2 Å². The number of ether oxygens (including phenoxy) is 3. The number of unbranched alkanes of at least 4 members (excludes halogenated alkanes) is 2. The largest absolute Gasteiger partial charge is 0.493 e. The molecule has 0 bridgehead atoms. The van der Waals surface area contributed by atoms with Crippen LogP contribution in [0.4, 0.5) is 0 Å². The monoisotopic (exact) mass is 534 g/mol. The SMILES string of the molecule is CCCc1c(OCCCOc2cccc3c2CCCC3)ccc2c1OC(CCCC=O)(CCCC=O)CC2=O. The number of Topliss-reactive ketones (excluding diaryl/α,β-unsaturated/α-hetero) is 1. The van der Waals surface area contributed by atoms with Gasteiger partial charge < -0.3 is 23.8 Å². The fraction of sp³-hybridized carbons (Fsp3) is 0.545. The van der Waals surface area contributed by atoms with Crippen molar-refractivity contribution in [2.24, 2.45) is 0 Å². The summed E-state index contributed by atoms with van der Waals surface area (Å²) in [7, 11) is 0. The molecule has 0 spiro atoms. The van der Waals surface area contributed by atoms with Gasteiger partial charge in [-0.1, -0.05) is 25.5 Å². The van der Waals surface area contributed by atoms with E-state index in [-0.39, 0.29) is 12.2 Å². The van der Waals surface area contributed by atoms with Crippen molar-refractivity contribution in [1.29, 1.82) is 0 Å². The topological polar surface area (TPSA) is 78.9 Å². The second-order valence-corrected chi connectivity index (χ2v) is 10.8. The maximum atomic E-state index is 13.3. The highest BCUT2D eigenvalue weighted by Crippen LogP contribution is 2.44. The maximum Gasteiger partial charge on any atom is 0.170 e. The van der Waals surface area contributed by atoms with Gasteiger partial charge in [-0.05, 0) is 87.1 Å². The van der Waals surface area contributed by atoms with E-state index < -0.39 is 5.60 Å². The summed E-state index contributed by atoms with van der Waals surface area (Å²) in [5.41, 5.74) is 3.60. The lowest BCUT2D eigenvalue weighted by atomic mass is 9.81. The van der Waals surface area contributed by atoms with Gasteiger partial charge in [-0.25, -0.2) is 0 Å². The van der Waals surface area contributed by atoms with E-state index in [1.807, 2.05) is 12.1 Å². The first-order valence-electron chi connectivity index (χ1n) is 14.7. The molecule has 2 aliphatic rings. The fourth-order valence-electron chi connectivity index (χ4n) is 5.93. The number of hydrogen-bond donors (Lipinski definition) is 0. The molecule has 0 amide bonds. The first-order valence-corrected chi connectivity index (χ1v) is 14.7. The van der Waals surface area contributed by atoms with Crippen molar-refractivity contribution < 1.29 is 28.6 Å². The molecule has 0 N–H and O–H groups in total. The Hall–Kier alpha value is -3.15. The molecular weight excluding hydrogens is 492 g/mol. The Labute approximate surface area is 232 Å². The van der Waals surface area contributed by atoms with Crippen LogP contribution in [-0.4, -0.2) is 37.2 Å². The normalized spacial score (nSPS) is 15.6. The molecule has 1 aliphatic carbocycles. The second-order valence-electron chi connectivity index (χ2n) is 10.8. The molecule has 0 radical (unpaired) electrons. The number of rotatable bonds is 16. The Morgan fingerprint density at radius 1 is 0.897 bits per heavy atom. The number of carbonyl (C=O) groups excluding carboxylic acids is 3. The van der Waals surface area contributed by atoms with E-state index in [1.165, 1.54) is 24.0 Å². The highest BCUT2D eigenvalue weighted by Gasteiger charge is 2.41. The van der Waals surface area contributed by atoms with Crippen LogP contribution in [0.25, 0.3) is 0 Å². The third kappa shape index (κ3) is 7.28. The highest BCUT2D eigenvalue weighted by atomic mass is 16.5. The summed E-state index contributed by atoms with van der Waals surface area (Å²) in [5.74, 6) is 2.42. The van der Waals surface area contributed by atoms with Crippen molar-refractivity contribution >= 4 is 18.4 Å². The van der Waals surface area contributed by atoms with Gasteiger partial charge in [-0.3, -0.25) is 4.79 Å². The quantitative estimate of drug-likeness (QED) is 0.174. The molecule has 0 saturated heterocycles. The molecule has 0 aromatic heterocycles. The molecule has 6 nitrogen and oxygen atoms in total. The number of fused-ring (bicyclic) bond motifs is 2. The molecule has 0 unspecified atom stereocenters. The summed E-state index contributed by atoms with van der Waals surface area (Å²) in [5, 5.41) is 0. The molecule has 39 heavy (non-hydrogen) atoms. The van der Waals surface area contributed by atoms with Gasteiger partial charge in [0.15, 0.2) is 5.78 Å². The summed E-state index contributed by atoms with van der Waals surface area (Å²) < 4.78 is 19.1. The van der Waals surface area contributed by atoms with Crippen LogP contribution in [0.1, 0.15) is 105 Å². The van der Waals surface area contributed by atoms with Crippen molar-refractivity contribution in [2.45, 2.75) is 102 Å². The lowest BCUT2D eigenvalue weighted by Crippen LogP contribution is -2.42. The summed E-state index contributed by atoms with van der Waals surface area (Å²) in [4.78, 5) is 35.2. The summed E-state index contributed by atoms with van der Waals surface area (Å²) >= 11 is 0. The fourth-order valence-corrected chi connectivity index (χ4v) is 5.93. The van der Waals surface area contributed by atoms with Gasteiger partial charge in [0, 0.05) is 24.8 Å². The molecule has 1 heterocycles. The minimum Gasteiger partial charge on any atom is -0.493 e. The molecule has 2 aromatic rings. The Bertz CT molecular complexity index is 1120. The minimum absolute atomic E-state index is 0.0527.